The number of halogens is 3. The molecule has 3 aromatic rings. The van der Waals surface area contributed by atoms with Gasteiger partial charge in [-0.1, -0.05) is 30.3 Å². The maximum absolute atomic E-state index is 10.6. The summed E-state index contributed by atoms with van der Waals surface area (Å²) in [6, 6.07) is 12.9. The lowest BCUT2D eigenvalue weighted by atomic mass is 9.93. The third-order valence-corrected chi connectivity index (χ3v) is 6.73. The first-order valence-corrected chi connectivity index (χ1v) is 12.6. The number of hydrogen-bond acceptors (Lipinski definition) is 7. The molecule has 2 N–H and O–H groups in total. The predicted molar refractivity (Wildman–Crippen MR) is 134 cm³/mol. The molecule has 5 rings (SSSR count). The number of benzene rings is 1. The first-order valence-electron chi connectivity index (χ1n) is 12.6. The number of carbonyl (C=O) groups is 1. The van der Waals surface area contributed by atoms with Crippen molar-refractivity contribution in [1.29, 1.82) is 0 Å². The Morgan fingerprint density at radius 3 is 2.51 bits per heavy atom. The molecule has 1 saturated carbocycles. The molecule has 0 bridgehead atoms. The van der Waals surface area contributed by atoms with Crippen molar-refractivity contribution in [1.82, 2.24) is 30.1 Å². The van der Waals surface area contributed by atoms with Gasteiger partial charge >= 0.3 is 12.1 Å². The highest BCUT2D eigenvalue weighted by Crippen LogP contribution is 2.37. The summed E-state index contributed by atoms with van der Waals surface area (Å²) in [5.74, 6) is 0.744. The topological polar surface area (TPSA) is 123 Å². The lowest BCUT2D eigenvalue weighted by Crippen LogP contribution is -2.29. The van der Waals surface area contributed by atoms with Crippen LogP contribution in [0.3, 0.4) is 0 Å². The van der Waals surface area contributed by atoms with Crippen LogP contribution in [0.15, 0.2) is 59.0 Å². The Hall–Kier alpha value is -4.05. The van der Waals surface area contributed by atoms with Gasteiger partial charge in [-0.25, -0.2) is 9.48 Å². The number of terminal acetylenes is 1. The summed E-state index contributed by atoms with van der Waals surface area (Å²) in [6.07, 6.45) is 10.9. The van der Waals surface area contributed by atoms with E-state index in [9.17, 15) is 13.2 Å². The van der Waals surface area contributed by atoms with E-state index in [4.69, 9.17) is 16.3 Å². The molecule has 2 aliphatic rings. The Morgan fingerprint density at radius 2 is 1.92 bits per heavy atom. The highest BCUT2D eigenvalue weighted by molar-refractivity contribution is 5.73. The van der Waals surface area contributed by atoms with Crippen LogP contribution in [-0.2, 0) is 11.3 Å². The summed E-state index contributed by atoms with van der Waals surface area (Å²) in [7, 11) is 0. The minimum absolute atomic E-state index is 0.113. The fourth-order valence-corrected chi connectivity index (χ4v) is 4.24. The van der Waals surface area contributed by atoms with Gasteiger partial charge in [0.1, 0.15) is 0 Å². The molecule has 0 radical (unpaired) electrons. The highest BCUT2D eigenvalue weighted by atomic mass is 19.4. The molecule has 39 heavy (non-hydrogen) atoms. The molecule has 1 aliphatic carbocycles. The second kappa shape index (κ2) is 12.2. The zero-order valence-corrected chi connectivity index (χ0v) is 21.1. The molecule has 0 saturated heterocycles. The van der Waals surface area contributed by atoms with Crippen molar-refractivity contribution in [2.45, 2.75) is 69.0 Å². The van der Waals surface area contributed by atoms with E-state index in [1.54, 1.807) is 0 Å². The summed E-state index contributed by atoms with van der Waals surface area (Å²) in [5, 5.41) is 32.0. The largest absolute Gasteiger partial charge is 0.490 e. The van der Waals surface area contributed by atoms with Crippen molar-refractivity contribution in [3.05, 3.63) is 65.7 Å². The highest BCUT2D eigenvalue weighted by Gasteiger charge is 2.39. The molecule has 1 aliphatic heterocycles. The normalized spacial score (nSPS) is 16.5. The number of rotatable bonds is 11. The third-order valence-electron chi connectivity index (χ3n) is 6.73. The zero-order chi connectivity index (χ0) is 27.9. The quantitative estimate of drug-likeness (QED) is 0.344. The molecule has 206 valence electrons. The SMILES string of the molecule is C#CCCC1(CCNC(c2ccn(C3CCC3)c2)c2nnnn2Cc2ccccc2)N=N1.O=C(O)C(F)(F)F. The Balaban J connectivity index is 0.000000448. The molecule has 1 atom stereocenters. The van der Waals surface area contributed by atoms with Crippen molar-refractivity contribution in [3.8, 4) is 12.3 Å². The van der Waals surface area contributed by atoms with Crippen molar-refractivity contribution in [2.75, 3.05) is 6.54 Å². The van der Waals surface area contributed by atoms with Gasteiger partial charge in [0.25, 0.3) is 0 Å². The van der Waals surface area contributed by atoms with Crippen LogP contribution in [0.4, 0.5) is 13.2 Å². The van der Waals surface area contributed by atoms with Crippen LogP contribution in [0.25, 0.3) is 0 Å². The van der Waals surface area contributed by atoms with E-state index >= 15 is 0 Å². The lowest BCUT2D eigenvalue weighted by molar-refractivity contribution is -0.192. The number of carboxylic acids is 1. The van der Waals surface area contributed by atoms with Crippen molar-refractivity contribution in [2.24, 2.45) is 10.2 Å². The number of aliphatic carboxylic acids is 1. The van der Waals surface area contributed by atoms with Gasteiger partial charge in [0, 0.05) is 44.2 Å². The van der Waals surface area contributed by atoms with Gasteiger partial charge in [-0.2, -0.15) is 23.4 Å². The van der Waals surface area contributed by atoms with Gasteiger partial charge in [0.05, 0.1) is 12.6 Å². The lowest BCUT2D eigenvalue weighted by Gasteiger charge is -2.27. The minimum atomic E-state index is -5.08. The Labute approximate surface area is 223 Å². The molecule has 3 heterocycles. The van der Waals surface area contributed by atoms with Crippen LogP contribution in [0, 0.1) is 12.3 Å². The number of tetrazole rings is 1. The molecule has 1 aromatic carbocycles. The number of carboxylic acid groups (broad SMARTS) is 1. The molecule has 13 heteroatoms. The zero-order valence-electron chi connectivity index (χ0n) is 21.1. The monoisotopic (exact) mass is 542 g/mol. The molecule has 10 nitrogen and oxygen atoms in total. The van der Waals surface area contributed by atoms with Crippen LogP contribution >= 0.6 is 0 Å². The van der Waals surface area contributed by atoms with Gasteiger partial charge in [-0.3, -0.25) is 0 Å². The van der Waals surface area contributed by atoms with Gasteiger partial charge in [-0.15, -0.1) is 17.4 Å². The second-order valence-electron chi connectivity index (χ2n) is 9.48. The number of aromatic nitrogens is 5. The molecule has 0 amide bonds. The van der Waals surface area contributed by atoms with Gasteiger partial charge in [0.2, 0.25) is 0 Å². The van der Waals surface area contributed by atoms with E-state index in [0.29, 0.717) is 19.0 Å². The van der Waals surface area contributed by atoms with Crippen molar-refractivity contribution in [3.63, 3.8) is 0 Å². The molecular weight excluding hydrogens is 513 g/mol. The van der Waals surface area contributed by atoms with Gasteiger partial charge < -0.3 is 15.0 Å². The average Bonchev–Trinajstić information content (AvgIpc) is 3.23. The third kappa shape index (κ3) is 7.51. The molecular formula is C26H29F3N8O2. The summed E-state index contributed by atoms with van der Waals surface area (Å²) in [5.41, 5.74) is 2.02. The second-order valence-corrected chi connectivity index (χ2v) is 9.48. The first kappa shape index (κ1) is 28.0. The summed E-state index contributed by atoms with van der Waals surface area (Å²) >= 11 is 0. The van der Waals surface area contributed by atoms with Crippen LogP contribution in [0.1, 0.15) is 67.6 Å². The fraction of sp³-hybridized carbons (Fsp3) is 0.462. The fourth-order valence-electron chi connectivity index (χ4n) is 4.24. The van der Waals surface area contributed by atoms with E-state index in [1.807, 2.05) is 22.9 Å². The van der Waals surface area contributed by atoms with Crippen LogP contribution < -0.4 is 5.32 Å². The summed E-state index contributed by atoms with van der Waals surface area (Å²) < 4.78 is 36.0. The van der Waals surface area contributed by atoms with E-state index in [2.05, 4.69) is 72.2 Å². The standard InChI is InChI=1S/C24H28N8.C2HF3O2/c1-2-3-13-24(27-28-24)14-15-25-22(20-12-16-31(18-20)21-10-7-11-21)23-26-29-30-32(23)17-19-8-5-4-6-9-19;3-2(4,5)1(6)7/h1,4-6,8-9,12,16,18,21-22,25H,3,7,10-11,13-15,17H2;(H,6,7). The van der Waals surface area contributed by atoms with Crippen molar-refractivity contribution >= 4 is 5.97 Å². The number of nitrogens with one attached hydrogen (secondary N) is 1. The van der Waals surface area contributed by atoms with Crippen LogP contribution in [0.2, 0.25) is 0 Å². The summed E-state index contributed by atoms with van der Waals surface area (Å²) in [6.45, 7) is 1.37. The van der Waals surface area contributed by atoms with E-state index in [1.165, 1.54) is 24.8 Å². The number of alkyl halides is 3. The Kier molecular flexibility index (Phi) is 8.75. The summed E-state index contributed by atoms with van der Waals surface area (Å²) in [4.78, 5) is 8.90. The first-order chi connectivity index (χ1) is 18.7. The average molecular weight is 543 g/mol. The van der Waals surface area contributed by atoms with E-state index in [-0.39, 0.29) is 11.7 Å². The molecule has 0 spiro atoms. The predicted octanol–water partition coefficient (Wildman–Crippen LogP) is 4.53. The molecule has 1 fully saturated rings. The van der Waals surface area contributed by atoms with Gasteiger partial charge in [0.15, 0.2) is 11.5 Å². The van der Waals surface area contributed by atoms with Crippen LogP contribution in [0.5, 0.6) is 0 Å². The van der Waals surface area contributed by atoms with Crippen LogP contribution in [-0.4, -0.2) is 54.2 Å². The van der Waals surface area contributed by atoms with E-state index in [0.717, 1.165) is 30.8 Å². The maximum atomic E-state index is 10.6. The maximum Gasteiger partial charge on any atom is 0.490 e. The number of hydrogen-bond donors (Lipinski definition) is 2. The van der Waals surface area contributed by atoms with Gasteiger partial charge in [-0.05, 0) is 46.9 Å². The number of nitrogens with zero attached hydrogens (tertiary/aromatic N) is 7. The van der Waals surface area contributed by atoms with Crippen molar-refractivity contribution < 1.29 is 23.1 Å². The van der Waals surface area contributed by atoms with E-state index < -0.39 is 12.1 Å². The Morgan fingerprint density at radius 1 is 1.21 bits per heavy atom. The minimum Gasteiger partial charge on any atom is -0.475 e. The Bertz CT molecular complexity index is 1300. The molecule has 1 unspecified atom stereocenters. The smallest absolute Gasteiger partial charge is 0.475 e. The molecule has 2 aromatic heterocycles.